The van der Waals surface area contributed by atoms with Crippen molar-refractivity contribution >= 4 is 29.3 Å². The van der Waals surface area contributed by atoms with Gasteiger partial charge < -0.3 is 19.8 Å². The van der Waals surface area contributed by atoms with Crippen LogP contribution in [0.25, 0.3) is 11.0 Å². The third-order valence-corrected chi connectivity index (χ3v) is 3.64. The van der Waals surface area contributed by atoms with Gasteiger partial charge in [0, 0.05) is 30.6 Å². The summed E-state index contributed by atoms with van der Waals surface area (Å²) in [5.41, 5.74) is 1.25. The number of hydrogen-bond acceptors (Lipinski definition) is 5. The molecule has 0 saturated heterocycles. The predicted octanol–water partition coefficient (Wildman–Crippen LogP) is 1.63. The Balaban J connectivity index is 0.00000208. The molecule has 2 heterocycles. The Morgan fingerprint density at radius 1 is 1.29 bits per heavy atom. The molecular weight excluding hydrogens is 332 g/mol. The van der Waals surface area contributed by atoms with Crippen LogP contribution in [0.1, 0.15) is 6.42 Å². The average Bonchev–Trinajstić information content (AvgIpc) is 2.58. The summed E-state index contributed by atoms with van der Waals surface area (Å²) < 4.78 is 10.5. The second-order valence-electron chi connectivity index (χ2n) is 5.34. The van der Waals surface area contributed by atoms with Crippen LogP contribution in [-0.4, -0.2) is 32.1 Å². The molecule has 0 radical (unpaired) electrons. The molecule has 0 fully saturated rings. The summed E-state index contributed by atoms with van der Waals surface area (Å²) in [6.45, 7) is 2.27. The van der Waals surface area contributed by atoms with Crippen molar-refractivity contribution in [2.75, 3.05) is 26.2 Å². The number of nitrogens with one attached hydrogen (secondary N) is 2. The summed E-state index contributed by atoms with van der Waals surface area (Å²) in [5.74, 6) is 0.308. The molecule has 2 N–H and O–H groups in total. The molecule has 0 unspecified atom stereocenters. The highest BCUT2D eigenvalue weighted by molar-refractivity contribution is 5.85. The zero-order valence-corrected chi connectivity index (χ0v) is 13.9. The molecule has 0 saturated carbocycles. The van der Waals surface area contributed by atoms with Crippen LogP contribution in [-0.2, 0) is 4.79 Å². The topological polar surface area (TPSA) is 80.6 Å². The lowest BCUT2D eigenvalue weighted by Gasteiger charge is -2.14. The van der Waals surface area contributed by atoms with Crippen LogP contribution in [0.4, 0.5) is 0 Å². The fourth-order valence-electron chi connectivity index (χ4n) is 2.37. The zero-order chi connectivity index (χ0) is 16.1. The smallest absolute Gasteiger partial charge is 0.336 e. The van der Waals surface area contributed by atoms with Gasteiger partial charge in [-0.2, -0.15) is 0 Å². The van der Waals surface area contributed by atoms with Crippen molar-refractivity contribution in [3.05, 3.63) is 52.4 Å². The molecule has 128 valence electrons. The number of fused-ring (bicyclic) bond motifs is 1. The van der Waals surface area contributed by atoms with Crippen LogP contribution in [0.2, 0.25) is 0 Å². The Morgan fingerprint density at radius 2 is 2.12 bits per heavy atom. The zero-order valence-electron chi connectivity index (χ0n) is 13.0. The fraction of sp³-hybridized carbons (Fsp3) is 0.294. The first kappa shape index (κ1) is 18.0. The number of benzene rings is 1. The van der Waals surface area contributed by atoms with Crippen molar-refractivity contribution in [1.29, 1.82) is 0 Å². The highest BCUT2D eigenvalue weighted by Gasteiger charge is 2.07. The van der Waals surface area contributed by atoms with Gasteiger partial charge in [-0.1, -0.05) is 11.6 Å². The highest BCUT2D eigenvalue weighted by Crippen LogP contribution is 2.19. The van der Waals surface area contributed by atoms with E-state index in [0.717, 1.165) is 24.9 Å². The molecule has 2 aromatic rings. The van der Waals surface area contributed by atoms with Crippen LogP contribution in [0.15, 0.2) is 51.2 Å². The van der Waals surface area contributed by atoms with Crippen LogP contribution in [0.3, 0.4) is 0 Å². The standard InChI is InChI=1S/C17H18N2O4.ClH/c20-16(19-10-12-5-7-18-8-6-12)11-22-14-3-1-13-2-4-17(21)23-15(13)9-14;/h1-5,9,18H,6-8,10-11H2,(H,19,20);1H. The van der Waals surface area contributed by atoms with Crippen LogP contribution in [0.5, 0.6) is 5.75 Å². The predicted molar refractivity (Wildman–Crippen MR) is 93.8 cm³/mol. The SMILES string of the molecule is Cl.O=C(COc1ccc2ccc(=O)oc2c1)NCC1=CCNCC1. The van der Waals surface area contributed by atoms with E-state index in [2.05, 4.69) is 16.7 Å². The first-order valence-corrected chi connectivity index (χ1v) is 7.53. The van der Waals surface area contributed by atoms with E-state index in [1.54, 1.807) is 24.3 Å². The van der Waals surface area contributed by atoms with Crippen molar-refractivity contribution in [1.82, 2.24) is 10.6 Å². The molecular formula is C17H19ClN2O4. The molecule has 1 aromatic carbocycles. The third-order valence-electron chi connectivity index (χ3n) is 3.64. The number of carbonyl (C=O) groups is 1. The maximum Gasteiger partial charge on any atom is 0.336 e. The van der Waals surface area contributed by atoms with Gasteiger partial charge in [-0.15, -0.1) is 12.4 Å². The maximum atomic E-state index is 11.8. The molecule has 6 nitrogen and oxygen atoms in total. The van der Waals surface area contributed by atoms with Crippen LogP contribution < -0.4 is 21.0 Å². The van der Waals surface area contributed by atoms with Crippen molar-refractivity contribution in [3.63, 3.8) is 0 Å². The third kappa shape index (κ3) is 4.84. The van der Waals surface area contributed by atoms with Crippen molar-refractivity contribution in [2.45, 2.75) is 6.42 Å². The number of rotatable bonds is 5. The van der Waals surface area contributed by atoms with E-state index in [1.807, 2.05) is 0 Å². The molecule has 7 heteroatoms. The summed E-state index contributed by atoms with van der Waals surface area (Å²) in [6.07, 6.45) is 3.04. The molecule has 3 rings (SSSR count). The minimum absolute atomic E-state index is 0. The monoisotopic (exact) mass is 350 g/mol. The molecule has 24 heavy (non-hydrogen) atoms. The quantitative estimate of drug-likeness (QED) is 0.633. The number of amides is 1. The minimum atomic E-state index is -0.414. The van der Waals surface area contributed by atoms with Crippen molar-refractivity contribution in [2.24, 2.45) is 0 Å². The highest BCUT2D eigenvalue weighted by atomic mass is 35.5. The van der Waals surface area contributed by atoms with E-state index >= 15 is 0 Å². The van der Waals surface area contributed by atoms with E-state index in [1.165, 1.54) is 11.6 Å². The largest absolute Gasteiger partial charge is 0.484 e. The Hall–Kier alpha value is -2.31. The van der Waals surface area contributed by atoms with Gasteiger partial charge in [-0.05, 0) is 31.2 Å². The Bertz CT molecular complexity index is 801. The van der Waals surface area contributed by atoms with E-state index in [9.17, 15) is 9.59 Å². The number of hydrogen-bond donors (Lipinski definition) is 2. The first-order valence-electron chi connectivity index (χ1n) is 7.53. The summed E-state index contributed by atoms with van der Waals surface area (Å²) in [5, 5.41) is 6.86. The van der Waals surface area contributed by atoms with Gasteiger partial charge in [-0.25, -0.2) is 4.79 Å². The second kappa shape index (κ2) is 8.52. The van der Waals surface area contributed by atoms with E-state index in [0.29, 0.717) is 17.9 Å². The number of carbonyl (C=O) groups excluding carboxylic acids is 1. The van der Waals surface area contributed by atoms with Gasteiger partial charge in [0.1, 0.15) is 11.3 Å². The van der Waals surface area contributed by atoms with Gasteiger partial charge in [0.15, 0.2) is 6.61 Å². The summed E-state index contributed by atoms with van der Waals surface area (Å²) in [6, 6.07) is 8.19. The second-order valence-corrected chi connectivity index (χ2v) is 5.34. The number of ether oxygens (including phenoxy) is 1. The van der Waals surface area contributed by atoms with Crippen molar-refractivity contribution < 1.29 is 13.9 Å². The normalized spacial score (nSPS) is 13.8. The van der Waals surface area contributed by atoms with E-state index < -0.39 is 5.63 Å². The Kier molecular flexibility index (Phi) is 6.40. The van der Waals surface area contributed by atoms with Gasteiger partial charge >= 0.3 is 5.63 Å². The molecule has 1 aliphatic heterocycles. The lowest BCUT2D eigenvalue weighted by Crippen LogP contribution is -2.32. The van der Waals surface area contributed by atoms with Gasteiger partial charge in [0.25, 0.3) is 5.91 Å². The van der Waals surface area contributed by atoms with Gasteiger partial charge in [0.05, 0.1) is 0 Å². The molecule has 1 amide bonds. The first-order chi connectivity index (χ1) is 11.2. The fourth-order valence-corrected chi connectivity index (χ4v) is 2.37. The van der Waals surface area contributed by atoms with Gasteiger partial charge in [0.2, 0.25) is 0 Å². The molecule has 0 aliphatic carbocycles. The Morgan fingerprint density at radius 3 is 2.92 bits per heavy atom. The lowest BCUT2D eigenvalue weighted by atomic mass is 10.1. The maximum absolute atomic E-state index is 11.8. The molecule has 1 aliphatic rings. The summed E-state index contributed by atoms with van der Waals surface area (Å²) in [7, 11) is 0. The van der Waals surface area contributed by atoms with Crippen molar-refractivity contribution in [3.8, 4) is 5.75 Å². The number of halogens is 1. The average molecular weight is 351 g/mol. The van der Waals surface area contributed by atoms with E-state index in [4.69, 9.17) is 9.15 Å². The van der Waals surface area contributed by atoms with E-state index in [-0.39, 0.29) is 24.9 Å². The molecule has 0 spiro atoms. The minimum Gasteiger partial charge on any atom is -0.484 e. The van der Waals surface area contributed by atoms with Gasteiger partial charge in [-0.3, -0.25) is 4.79 Å². The Labute approximate surface area is 145 Å². The van der Waals surface area contributed by atoms with Crippen LogP contribution >= 0.6 is 12.4 Å². The molecule has 0 atom stereocenters. The summed E-state index contributed by atoms with van der Waals surface area (Å²) >= 11 is 0. The summed E-state index contributed by atoms with van der Waals surface area (Å²) in [4.78, 5) is 23.0. The molecule has 0 bridgehead atoms. The lowest BCUT2D eigenvalue weighted by molar-refractivity contribution is -0.122. The molecule has 1 aromatic heterocycles. The van der Waals surface area contributed by atoms with Crippen LogP contribution in [0, 0.1) is 0 Å².